The van der Waals surface area contributed by atoms with Crippen molar-refractivity contribution < 1.29 is 4.79 Å². The maximum atomic E-state index is 12.4. The average molecular weight is 369 g/mol. The van der Waals surface area contributed by atoms with E-state index < -0.39 is 0 Å². The highest BCUT2D eigenvalue weighted by Gasteiger charge is 2.13. The molecule has 0 bridgehead atoms. The van der Waals surface area contributed by atoms with Crippen molar-refractivity contribution in [3.63, 3.8) is 0 Å². The molecule has 2 aromatic carbocycles. The van der Waals surface area contributed by atoms with E-state index in [1.807, 2.05) is 41.1 Å². The van der Waals surface area contributed by atoms with Crippen LogP contribution in [0.4, 0.5) is 16.3 Å². The standard InChI is InChI=1S/C20H21ClN4O/c1-14(2)18-12-19(25(24-18)13-15-6-4-3-5-7-15)23-20(26)22-17-10-8-16(21)9-11-17/h3-12,14H,13H2,1-2H3,(H2,22,23,26). The summed E-state index contributed by atoms with van der Waals surface area (Å²) in [5.74, 6) is 0.927. The van der Waals surface area contributed by atoms with Crippen molar-refractivity contribution in [2.24, 2.45) is 0 Å². The molecule has 1 heterocycles. The third-order valence-corrected chi connectivity index (χ3v) is 4.16. The van der Waals surface area contributed by atoms with Crippen LogP contribution in [0.25, 0.3) is 0 Å². The predicted octanol–water partition coefficient (Wildman–Crippen LogP) is 5.35. The molecule has 0 saturated carbocycles. The van der Waals surface area contributed by atoms with Gasteiger partial charge < -0.3 is 5.32 Å². The molecule has 0 aliphatic heterocycles. The third-order valence-electron chi connectivity index (χ3n) is 3.91. The zero-order valence-corrected chi connectivity index (χ0v) is 15.5. The Balaban J connectivity index is 1.76. The minimum Gasteiger partial charge on any atom is -0.308 e. The number of nitrogens with zero attached hydrogens (tertiary/aromatic N) is 2. The molecule has 0 atom stereocenters. The summed E-state index contributed by atoms with van der Waals surface area (Å²) in [5.41, 5.74) is 2.72. The molecule has 2 N–H and O–H groups in total. The topological polar surface area (TPSA) is 59.0 Å². The largest absolute Gasteiger partial charge is 0.324 e. The number of aromatic nitrogens is 2. The molecule has 1 aromatic heterocycles. The first-order chi connectivity index (χ1) is 12.5. The lowest BCUT2D eigenvalue weighted by atomic mass is 10.1. The number of halogens is 1. The number of benzene rings is 2. The van der Waals surface area contributed by atoms with Crippen molar-refractivity contribution in [3.8, 4) is 0 Å². The Morgan fingerprint density at radius 3 is 2.42 bits per heavy atom. The molecule has 0 spiro atoms. The highest BCUT2D eigenvalue weighted by Crippen LogP contribution is 2.20. The third kappa shape index (κ3) is 4.64. The fraction of sp³-hybridized carbons (Fsp3) is 0.200. The smallest absolute Gasteiger partial charge is 0.308 e. The second-order valence-electron chi connectivity index (χ2n) is 6.34. The molecule has 0 aliphatic rings. The number of hydrogen-bond donors (Lipinski definition) is 2. The fourth-order valence-corrected chi connectivity index (χ4v) is 2.63. The van der Waals surface area contributed by atoms with Crippen molar-refractivity contribution in [2.45, 2.75) is 26.3 Å². The van der Waals surface area contributed by atoms with E-state index in [0.29, 0.717) is 23.1 Å². The number of urea groups is 1. The zero-order valence-electron chi connectivity index (χ0n) is 14.7. The minimum atomic E-state index is -0.322. The van der Waals surface area contributed by atoms with Gasteiger partial charge in [0, 0.05) is 16.8 Å². The lowest BCUT2D eigenvalue weighted by Gasteiger charge is -2.10. The molecule has 26 heavy (non-hydrogen) atoms. The van der Waals surface area contributed by atoms with Crippen LogP contribution in [-0.2, 0) is 6.54 Å². The van der Waals surface area contributed by atoms with Gasteiger partial charge in [0.1, 0.15) is 5.82 Å². The maximum Gasteiger partial charge on any atom is 0.324 e. The van der Waals surface area contributed by atoms with Crippen LogP contribution in [0, 0.1) is 0 Å². The quantitative estimate of drug-likeness (QED) is 0.637. The van der Waals surface area contributed by atoms with Gasteiger partial charge in [0.05, 0.1) is 12.2 Å². The molecule has 3 rings (SSSR count). The van der Waals surface area contributed by atoms with Crippen molar-refractivity contribution in [1.29, 1.82) is 0 Å². The molecule has 3 aromatic rings. The first-order valence-electron chi connectivity index (χ1n) is 8.46. The van der Waals surface area contributed by atoms with Gasteiger partial charge in [0.15, 0.2) is 0 Å². The van der Waals surface area contributed by atoms with Crippen LogP contribution in [0.5, 0.6) is 0 Å². The number of nitrogens with one attached hydrogen (secondary N) is 2. The molecule has 0 unspecified atom stereocenters. The molecular weight excluding hydrogens is 348 g/mol. The second-order valence-corrected chi connectivity index (χ2v) is 6.77. The Hall–Kier alpha value is -2.79. The first-order valence-corrected chi connectivity index (χ1v) is 8.84. The van der Waals surface area contributed by atoms with E-state index in [9.17, 15) is 4.79 Å². The number of rotatable bonds is 5. The lowest BCUT2D eigenvalue weighted by Crippen LogP contribution is -2.21. The van der Waals surface area contributed by atoms with E-state index >= 15 is 0 Å². The van der Waals surface area contributed by atoms with E-state index in [0.717, 1.165) is 11.3 Å². The van der Waals surface area contributed by atoms with Gasteiger partial charge in [-0.15, -0.1) is 0 Å². The van der Waals surface area contributed by atoms with Gasteiger partial charge in [-0.3, -0.25) is 5.32 Å². The van der Waals surface area contributed by atoms with Crippen molar-refractivity contribution >= 4 is 29.1 Å². The molecule has 2 amide bonds. The van der Waals surface area contributed by atoms with Crippen LogP contribution in [0.3, 0.4) is 0 Å². The highest BCUT2D eigenvalue weighted by molar-refractivity contribution is 6.30. The number of carbonyl (C=O) groups excluding carboxylic acids is 1. The minimum absolute atomic E-state index is 0.270. The van der Waals surface area contributed by atoms with Crippen LogP contribution >= 0.6 is 11.6 Å². The molecule has 134 valence electrons. The molecular formula is C20H21ClN4O. The molecule has 0 saturated heterocycles. The van der Waals surface area contributed by atoms with Gasteiger partial charge >= 0.3 is 6.03 Å². The van der Waals surface area contributed by atoms with Gasteiger partial charge in [-0.2, -0.15) is 5.10 Å². The molecule has 6 heteroatoms. The molecule has 5 nitrogen and oxygen atoms in total. The van der Waals surface area contributed by atoms with Gasteiger partial charge in [-0.25, -0.2) is 9.48 Å². The Bertz CT molecular complexity index is 873. The summed E-state index contributed by atoms with van der Waals surface area (Å²) in [6.45, 7) is 4.74. The fourth-order valence-electron chi connectivity index (χ4n) is 2.51. The molecule has 0 radical (unpaired) electrons. The average Bonchev–Trinajstić information content (AvgIpc) is 3.00. The van der Waals surface area contributed by atoms with E-state index in [-0.39, 0.29) is 11.9 Å². The highest BCUT2D eigenvalue weighted by atomic mass is 35.5. The van der Waals surface area contributed by atoms with Crippen molar-refractivity contribution in [2.75, 3.05) is 10.6 Å². The lowest BCUT2D eigenvalue weighted by molar-refractivity contribution is 0.262. The van der Waals surface area contributed by atoms with Crippen molar-refractivity contribution in [3.05, 3.63) is 76.9 Å². The summed E-state index contributed by atoms with van der Waals surface area (Å²) in [6, 6.07) is 18.6. The predicted molar refractivity (Wildman–Crippen MR) is 106 cm³/mol. The monoisotopic (exact) mass is 368 g/mol. The van der Waals surface area contributed by atoms with Gasteiger partial charge in [-0.05, 0) is 35.7 Å². The Morgan fingerprint density at radius 1 is 1.08 bits per heavy atom. The summed E-state index contributed by atoms with van der Waals surface area (Å²) in [7, 11) is 0. The van der Waals surface area contributed by atoms with Crippen LogP contribution in [0.2, 0.25) is 5.02 Å². The number of hydrogen-bond acceptors (Lipinski definition) is 2. The second kappa shape index (κ2) is 8.06. The van der Waals surface area contributed by atoms with Crippen LogP contribution in [0.1, 0.15) is 31.0 Å². The zero-order chi connectivity index (χ0) is 18.5. The summed E-state index contributed by atoms with van der Waals surface area (Å²) in [6.07, 6.45) is 0. The van der Waals surface area contributed by atoms with E-state index in [4.69, 9.17) is 11.6 Å². The van der Waals surface area contributed by atoms with Crippen LogP contribution in [-0.4, -0.2) is 15.8 Å². The summed E-state index contributed by atoms with van der Waals surface area (Å²) in [4.78, 5) is 12.4. The van der Waals surface area contributed by atoms with E-state index in [1.165, 1.54) is 0 Å². The summed E-state index contributed by atoms with van der Waals surface area (Å²) in [5, 5.41) is 10.9. The first kappa shape index (κ1) is 18.0. The van der Waals surface area contributed by atoms with E-state index in [2.05, 4.69) is 29.6 Å². The SMILES string of the molecule is CC(C)c1cc(NC(=O)Nc2ccc(Cl)cc2)n(Cc2ccccc2)n1. The Morgan fingerprint density at radius 2 is 1.77 bits per heavy atom. The molecule has 0 fully saturated rings. The van der Waals surface area contributed by atoms with E-state index in [1.54, 1.807) is 24.3 Å². The van der Waals surface area contributed by atoms with Gasteiger partial charge in [0.25, 0.3) is 0 Å². The number of carbonyl (C=O) groups is 1. The van der Waals surface area contributed by atoms with Crippen molar-refractivity contribution in [1.82, 2.24) is 9.78 Å². The number of amides is 2. The number of anilines is 2. The van der Waals surface area contributed by atoms with Gasteiger partial charge in [-0.1, -0.05) is 55.8 Å². The summed E-state index contributed by atoms with van der Waals surface area (Å²) >= 11 is 5.87. The normalized spacial score (nSPS) is 10.8. The molecule has 0 aliphatic carbocycles. The Labute approximate surface area is 158 Å². The maximum absolute atomic E-state index is 12.4. The van der Waals surface area contributed by atoms with Crippen LogP contribution in [0.15, 0.2) is 60.7 Å². The van der Waals surface area contributed by atoms with Crippen LogP contribution < -0.4 is 10.6 Å². The van der Waals surface area contributed by atoms with Gasteiger partial charge in [0.2, 0.25) is 0 Å². The Kier molecular flexibility index (Phi) is 5.58. The summed E-state index contributed by atoms with van der Waals surface area (Å²) < 4.78 is 1.81.